The van der Waals surface area contributed by atoms with Gasteiger partial charge in [0.25, 0.3) is 0 Å². The number of hydrogen-bond acceptors (Lipinski definition) is 12. The molecule has 12 nitrogen and oxygen atoms in total. The Hall–Kier alpha value is -10.5. The van der Waals surface area contributed by atoms with Crippen LogP contribution in [0.2, 0.25) is 118 Å². The number of aromatic nitrogens is 6. The van der Waals surface area contributed by atoms with Crippen LogP contribution in [0.5, 0.6) is 0 Å². The van der Waals surface area contributed by atoms with E-state index in [1.807, 2.05) is 207 Å². The van der Waals surface area contributed by atoms with Crippen LogP contribution in [0.1, 0.15) is 0 Å². The summed E-state index contributed by atoms with van der Waals surface area (Å²) in [6, 6.07) is 121. The van der Waals surface area contributed by atoms with Crippen LogP contribution in [0.4, 0.5) is 0 Å². The molecule has 24 aromatic rings. The van der Waals surface area contributed by atoms with Crippen molar-refractivity contribution < 1.29 is 147 Å². The van der Waals surface area contributed by atoms with Crippen LogP contribution in [0.25, 0.3) is 199 Å². The van der Waals surface area contributed by atoms with Gasteiger partial charge in [-0.3, -0.25) is 0 Å². The minimum absolute atomic E-state index is 0. The molecular weight excluding hydrogens is 2940 g/mol. The largest absolute Gasteiger partial charge is 0.457 e. The van der Waals surface area contributed by atoms with Crippen molar-refractivity contribution in [2.24, 2.45) is 0 Å². The van der Waals surface area contributed by atoms with Crippen molar-refractivity contribution in [3.05, 3.63) is 365 Å². The second-order valence-corrected chi connectivity index (χ2v) is 71.5. The average Bonchev–Trinajstić information content (AvgIpc) is 1.58. The standard InChI is InChI=1S/6C20H18NOSi.6Ir/c1-23(2,3)20-11-7-5-9-15(20)17-12-19-16(13-21-17)14-8-4-6-10-18(14)22-19;2*1-23(2,3)15-8-6-7-14(11-15)18-12-20-17(13-21-18)16-9-4-5-10-19(16)22-20;1-23(2,3)20-19-16(15-11-7-8-12-18(15)22-19)13-17(21-20)14-9-5-4-6-10-14;1-23(2,3)20-18(14-9-5-4-6-10-14)21-13-16-15-11-7-8-12-17(15)22-19(16)20;1-23(2,3)15-10-8-14(9-11-15)18-12-20-17(13-21-18)16-6-4-5-7-19(16)22-20;;;;;;/h4-8,10-13H,1-3H3;4-6,8-13H,1-3H3;4-10,12-13H,1-3H3;2*4-9,11-13H,1-3H3;4-8,10-13H,1-3H3;;;;;;/q6*-1;;;;;;. The summed E-state index contributed by atoms with van der Waals surface area (Å²) in [6.07, 6.45) is 9.58. The SMILES string of the molecule is C[Si](C)(C)c1[c-]c(-c2cc3oc4ccccc4c3cn2)ccc1.C[Si](C)(C)c1c(-c2[c-]cccc2)ncc2c1oc1ccccc12.C[Si](C)(C)c1c[c-]c(-c2cc3oc4ccccc4c3cn2)cc1.C[Si](C)(C)c1cc[c-]c(-c2cc3oc4ccccc4c3cn2)c1.C[Si](C)(C)c1ccc[c-]c1-c1cc2oc3ccccc3c2cn1.C[Si](C)(C)c1nc(-c2[c-]cccc2)cc2c1oc1ccccc12.[Ir].[Ir].[Ir].[Ir].[Ir].[Ir]. The topological polar surface area (TPSA) is 156 Å². The summed E-state index contributed by atoms with van der Waals surface area (Å²) < 4.78 is 36.3. The van der Waals surface area contributed by atoms with E-state index in [2.05, 4.69) is 291 Å². The summed E-state index contributed by atoms with van der Waals surface area (Å²) in [4.78, 5) is 28.4. The van der Waals surface area contributed by atoms with Gasteiger partial charge >= 0.3 is 0 Å². The first-order valence-corrected chi connectivity index (χ1v) is 68.0. The quantitative estimate of drug-likeness (QED) is 0.0844. The summed E-state index contributed by atoms with van der Waals surface area (Å²) in [5.41, 5.74) is 22.8. The Kier molecular flexibility index (Phi) is 35.3. The number of fused-ring (bicyclic) bond motifs is 18. The van der Waals surface area contributed by atoms with Gasteiger partial charge in [-0.2, -0.15) is 0 Å². The maximum atomic E-state index is 6.25. The number of furan rings is 6. The summed E-state index contributed by atoms with van der Waals surface area (Å²) in [6.45, 7) is 42.0. The van der Waals surface area contributed by atoms with Crippen molar-refractivity contribution in [3.8, 4) is 67.5 Å². The summed E-state index contributed by atoms with van der Waals surface area (Å²) >= 11 is 0. The molecule has 0 aliphatic rings. The Morgan fingerprint density at radius 1 is 0.229 bits per heavy atom. The minimum Gasteiger partial charge on any atom is -0.457 e. The van der Waals surface area contributed by atoms with E-state index in [4.69, 9.17) is 41.5 Å². The zero-order valence-electron chi connectivity index (χ0n) is 83.3. The van der Waals surface area contributed by atoms with Crippen LogP contribution < -0.4 is 31.3 Å². The number of pyridine rings is 6. The van der Waals surface area contributed by atoms with Gasteiger partial charge in [0, 0.05) is 232 Å². The number of rotatable bonds is 12. The Bertz CT molecular complexity index is 8480. The van der Waals surface area contributed by atoms with Crippen molar-refractivity contribution >= 4 is 211 Å². The van der Waals surface area contributed by atoms with Crippen LogP contribution in [0, 0.1) is 36.4 Å². The zero-order chi connectivity index (χ0) is 96.2. The molecule has 0 saturated heterocycles. The van der Waals surface area contributed by atoms with Gasteiger partial charge in [-0.15, -0.1) is 212 Å². The fraction of sp³-hybridized carbons (Fsp3) is 0.150. The molecule has 0 N–H and O–H groups in total. The molecule has 12 heterocycles. The van der Waals surface area contributed by atoms with Gasteiger partial charge in [-0.25, -0.2) is 0 Å². The molecule has 0 amide bonds. The van der Waals surface area contributed by atoms with Crippen LogP contribution in [0.3, 0.4) is 0 Å². The maximum absolute atomic E-state index is 6.25. The Morgan fingerprint density at radius 3 is 1.06 bits per heavy atom. The first-order valence-electron chi connectivity index (χ1n) is 47.0. The summed E-state index contributed by atoms with van der Waals surface area (Å²) in [5.74, 6) is 0. The molecular formula is C120H108Ir6N6O6Si6-6. The second kappa shape index (κ2) is 45.9. The van der Waals surface area contributed by atoms with Crippen molar-refractivity contribution in [2.45, 2.75) is 118 Å². The van der Waals surface area contributed by atoms with E-state index >= 15 is 0 Å². The van der Waals surface area contributed by atoms with E-state index in [-0.39, 0.29) is 121 Å². The fourth-order valence-corrected chi connectivity index (χ4v) is 25.6. The fourth-order valence-electron chi connectivity index (χ4n) is 17.6. The molecule has 24 heteroatoms. The Labute approximate surface area is 928 Å². The van der Waals surface area contributed by atoms with Gasteiger partial charge < -0.3 is 56.4 Å². The molecule has 0 aliphatic heterocycles. The molecule has 144 heavy (non-hydrogen) atoms. The third kappa shape index (κ3) is 24.0. The Balaban J connectivity index is 0.000000144. The second-order valence-electron chi connectivity index (χ2n) is 41.3. The number of benzene rings is 12. The molecule has 0 aliphatic carbocycles. The molecule has 6 radical (unpaired) electrons. The third-order valence-corrected chi connectivity index (χ3v) is 36.7. The van der Waals surface area contributed by atoms with E-state index in [0.717, 1.165) is 204 Å². The first kappa shape index (κ1) is 111. The van der Waals surface area contributed by atoms with E-state index in [1.165, 1.54) is 25.9 Å². The first-order chi connectivity index (χ1) is 66.2. The average molecular weight is 3050 g/mol. The third-order valence-electron chi connectivity index (χ3n) is 24.9. The van der Waals surface area contributed by atoms with Crippen molar-refractivity contribution in [1.82, 2.24) is 29.9 Å². The van der Waals surface area contributed by atoms with Gasteiger partial charge in [0.15, 0.2) is 5.58 Å². The van der Waals surface area contributed by atoms with Crippen LogP contribution in [-0.4, -0.2) is 78.3 Å². The number of para-hydroxylation sites is 6. The number of nitrogens with zero attached hydrogens (tertiary/aromatic N) is 6. The van der Waals surface area contributed by atoms with Crippen molar-refractivity contribution in [1.29, 1.82) is 0 Å². The molecule has 0 unspecified atom stereocenters. The van der Waals surface area contributed by atoms with Crippen molar-refractivity contribution in [3.63, 3.8) is 0 Å². The molecule has 0 bridgehead atoms. The van der Waals surface area contributed by atoms with Gasteiger partial charge in [0.05, 0.1) is 29.5 Å². The molecule has 0 spiro atoms. The number of hydrogen-bond donors (Lipinski definition) is 0. The zero-order valence-corrected chi connectivity index (χ0v) is 104. The van der Waals surface area contributed by atoms with Gasteiger partial charge in [0.1, 0.15) is 69.5 Å². The summed E-state index contributed by atoms with van der Waals surface area (Å²) in [5, 5.41) is 21.2. The van der Waals surface area contributed by atoms with Gasteiger partial charge in [-0.1, -0.05) is 233 Å². The van der Waals surface area contributed by atoms with Crippen LogP contribution in [0.15, 0.2) is 355 Å². The molecule has 0 fully saturated rings. The predicted octanol–water partition coefficient (Wildman–Crippen LogP) is 29.9. The molecule has 0 atom stereocenters. The molecule has 0 saturated carbocycles. The van der Waals surface area contributed by atoms with E-state index < -0.39 is 48.4 Å². The molecule has 12 aromatic heterocycles. The van der Waals surface area contributed by atoms with E-state index in [1.54, 1.807) is 0 Å². The minimum atomic E-state index is -1.66. The molecule has 12 aromatic carbocycles. The predicted molar refractivity (Wildman–Crippen MR) is 593 cm³/mol. The Morgan fingerprint density at radius 2 is 0.618 bits per heavy atom. The molecule has 738 valence electrons. The summed E-state index contributed by atoms with van der Waals surface area (Å²) in [7, 11) is -8.80. The van der Waals surface area contributed by atoms with Crippen LogP contribution in [-0.2, 0) is 121 Å². The maximum Gasteiger partial charge on any atom is 0.150 e. The van der Waals surface area contributed by atoms with E-state index in [0.29, 0.717) is 0 Å². The van der Waals surface area contributed by atoms with Crippen LogP contribution >= 0.6 is 0 Å². The van der Waals surface area contributed by atoms with E-state index in [9.17, 15) is 0 Å². The monoisotopic (exact) mass is 3050 g/mol. The normalized spacial score (nSPS) is 11.6. The molecule has 24 rings (SSSR count). The van der Waals surface area contributed by atoms with Gasteiger partial charge in [-0.05, 0) is 100 Å². The van der Waals surface area contributed by atoms with Gasteiger partial charge in [0.2, 0.25) is 0 Å². The van der Waals surface area contributed by atoms with Crippen molar-refractivity contribution in [2.75, 3.05) is 0 Å². The smallest absolute Gasteiger partial charge is 0.150 e.